The summed E-state index contributed by atoms with van der Waals surface area (Å²) in [5.74, 6) is 1.12. The van der Waals surface area contributed by atoms with Gasteiger partial charge in [-0.2, -0.15) is 0 Å². The molecule has 4 nitrogen and oxygen atoms in total. The third-order valence-corrected chi connectivity index (χ3v) is 3.31. The van der Waals surface area contributed by atoms with Crippen molar-refractivity contribution in [2.24, 2.45) is 0 Å². The Morgan fingerprint density at radius 1 is 1.47 bits per heavy atom. The average molecular weight is 235 g/mol. The Labute approximate surface area is 103 Å². The zero-order valence-electron chi connectivity index (χ0n) is 10.6. The number of hydrogen-bond acceptors (Lipinski definition) is 4. The third-order valence-electron chi connectivity index (χ3n) is 3.31. The maximum Gasteiger partial charge on any atom is 0.133 e. The number of ether oxygens (including phenoxy) is 1. The molecular formula is C13H21N3O. The topological polar surface area (TPSA) is 37.4 Å². The van der Waals surface area contributed by atoms with E-state index in [2.05, 4.69) is 21.3 Å². The van der Waals surface area contributed by atoms with Crippen LogP contribution in [0.3, 0.4) is 0 Å². The molecule has 1 saturated heterocycles. The fraction of sp³-hybridized carbons (Fsp3) is 0.615. The quantitative estimate of drug-likeness (QED) is 0.856. The highest BCUT2D eigenvalue weighted by Gasteiger charge is 2.21. The Morgan fingerprint density at radius 2 is 2.24 bits per heavy atom. The van der Waals surface area contributed by atoms with Crippen molar-refractivity contribution in [2.75, 3.05) is 32.1 Å². The molecule has 0 unspecified atom stereocenters. The van der Waals surface area contributed by atoms with E-state index >= 15 is 0 Å². The van der Waals surface area contributed by atoms with E-state index in [1.165, 1.54) is 5.56 Å². The predicted octanol–water partition coefficient (Wildman–Crippen LogP) is 1.42. The highest BCUT2D eigenvalue weighted by molar-refractivity contribution is 5.47. The molecule has 0 saturated carbocycles. The summed E-state index contributed by atoms with van der Waals surface area (Å²) in [6.07, 6.45) is 4.47. The summed E-state index contributed by atoms with van der Waals surface area (Å²) in [5.41, 5.74) is 1.27. The highest BCUT2D eigenvalue weighted by Crippen LogP contribution is 2.22. The van der Waals surface area contributed by atoms with E-state index in [1.807, 2.05) is 19.3 Å². The Morgan fingerprint density at radius 3 is 2.88 bits per heavy atom. The van der Waals surface area contributed by atoms with Crippen molar-refractivity contribution in [2.45, 2.75) is 25.5 Å². The van der Waals surface area contributed by atoms with Gasteiger partial charge in [0.1, 0.15) is 5.82 Å². The van der Waals surface area contributed by atoms with Gasteiger partial charge < -0.3 is 15.0 Å². The van der Waals surface area contributed by atoms with Gasteiger partial charge in [0.25, 0.3) is 0 Å². The van der Waals surface area contributed by atoms with Gasteiger partial charge in [-0.25, -0.2) is 4.98 Å². The summed E-state index contributed by atoms with van der Waals surface area (Å²) in [6, 6.07) is 4.14. The van der Waals surface area contributed by atoms with E-state index in [4.69, 9.17) is 4.74 Å². The van der Waals surface area contributed by atoms with Crippen LogP contribution in [-0.4, -0.2) is 38.3 Å². The minimum absolute atomic E-state index is 0.419. The fourth-order valence-corrected chi connectivity index (χ4v) is 2.35. The minimum Gasteiger partial charge on any atom is -0.381 e. The van der Waals surface area contributed by atoms with Crippen molar-refractivity contribution < 1.29 is 4.74 Å². The highest BCUT2D eigenvalue weighted by atomic mass is 16.5. The van der Waals surface area contributed by atoms with E-state index in [1.54, 1.807) is 7.11 Å². The Hall–Kier alpha value is -1.13. The van der Waals surface area contributed by atoms with Crippen LogP contribution in [-0.2, 0) is 11.3 Å². The number of methoxy groups -OCH3 is 1. The first-order chi connectivity index (χ1) is 8.35. The lowest BCUT2D eigenvalue weighted by molar-refractivity contribution is 0.0817. The molecule has 1 aromatic rings. The number of pyridine rings is 1. The summed E-state index contributed by atoms with van der Waals surface area (Å²) in [4.78, 5) is 6.88. The van der Waals surface area contributed by atoms with Gasteiger partial charge in [-0.3, -0.25) is 0 Å². The van der Waals surface area contributed by atoms with Crippen LogP contribution >= 0.6 is 0 Å². The van der Waals surface area contributed by atoms with E-state index in [0.29, 0.717) is 6.10 Å². The maximum absolute atomic E-state index is 5.39. The predicted molar refractivity (Wildman–Crippen MR) is 69.2 cm³/mol. The summed E-state index contributed by atoms with van der Waals surface area (Å²) in [6.45, 7) is 2.94. The first kappa shape index (κ1) is 12.3. The largest absolute Gasteiger partial charge is 0.381 e. The van der Waals surface area contributed by atoms with Crippen LogP contribution in [0.4, 0.5) is 5.82 Å². The standard InChI is InChI=1S/C13H21N3O/c1-14-10-11-4-3-7-15-13(11)16-8-5-12(17-2)6-9-16/h3-4,7,12,14H,5-6,8-10H2,1-2H3. The van der Waals surface area contributed by atoms with Gasteiger partial charge >= 0.3 is 0 Å². The second kappa shape index (κ2) is 5.98. The number of aromatic nitrogens is 1. The summed E-state index contributed by atoms with van der Waals surface area (Å²) < 4.78 is 5.39. The van der Waals surface area contributed by atoms with Gasteiger partial charge in [0.2, 0.25) is 0 Å². The van der Waals surface area contributed by atoms with E-state index in [-0.39, 0.29) is 0 Å². The summed E-state index contributed by atoms with van der Waals surface area (Å²) >= 11 is 0. The number of anilines is 1. The van der Waals surface area contributed by atoms with Crippen molar-refractivity contribution in [3.8, 4) is 0 Å². The molecule has 1 fully saturated rings. The second-order valence-corrected chi connectivity index (χ2v) is 4.44. The van der Waals surface area contributed by atoms with Crippen molar-refractivity contribution in [3.63, 3.8) is 0 Å². The second-order valence-electron chi connectivity index (χ2n) is 4.44. The third kappa shape index (κ3) is 2.96. The zero-order chi connectivity index (χ0) is 12.1. The molecule has 1 aliphatic rings. The van der Waals surface area contributed by atoms with Gasteiger partial charge in [-0.15, -0.1) is 0 Å². The zero-order valence-corrected chi connectivity index (χ0v) is 10.6. The molecule has 0 bridgehead atoms. The molecule has 0 aromatic carbocycles. The van der Waals surface area contributed by atoms with Crippen LogP contribution in [0.2, 0.25) is 0 Å². The van der Waals surface area contributed by atoms with Crippen LogP contribution in [0.5, 0.6) is 0 Å². The van der Waals surface area contributed by atoms with Crippen LogP contribution in [0.15, 0.2) is 18.3 Å². The molecule has 1 N–H and O–H groups in total. The normalized spacial score (nSPS) is 17.4. The molecule has 0 radical (unpaired) electrons. The SMILES string of the molecule is CNCc1cccnc1N1CCC(OC)CC1. The monoisotopic (exact) mass is 235 g/mol. The van der Waals surface area contributed by atoms with Crippen LogP contribution < -0.4 is 10.2 Å². The Balaban J connectivity index is 2.07. The molecule has 94 valence electrons. The molecule has 1 aromatic heterocycles. The summed E-state index contributed by atoms with van der Waals surface area (Å²) in [7, 11) is 3.77. The van der Waals surface area contributed by atoms with E-state index < -0.39 is 0 Å². The van der Waals surface area contributed by atoms with Crippen LogP contribution in [0.1, 0.15) is 18.4 Å². The molecule has 0 amide bonds. The molecule has 1 aliphatic heterocycles. The molecule has 0 aliphatic carbocycles. The fourth-order valence-electron chi connectivity index (χ4n) is 2.35. The Bertz CT molecular complexity index is 348. The van der Waals surface area contributed by atoms with Gasteiger partial charge in [-0.05, 0) is 26.0 Å². The number of rotatable bonds is 4. The maximum atomic E-state index is 5.39. The molecule has 2 rings (SSSR count). The lowest BCUT2D eigenvalue weighted by Gasteiger charge is -2.33. The molecule has 0 spiro atoms. The number of piperidine rings is 1. The van der Waals surface area contributed by atoms with Gasteiger partial charge in [0.05, 0.1) is 6.10 Å². The first-order valence-electron chi connectivity index (χ1n) is 6.21. The molecular weight excluding hydrogens is 214 g/mol. The van der Waals surface area contributed by atoms with Gasteiger partial charge in [0.15, 0.2) is 0 Å². The molecule has 4 heteroatoms. The number of nitrogens with one attached hydrogen (secondary N) is 1. The molecule has 0 atom stereocenters. The Kier molecular flexibility index (Phi) is 4.34. The number of hydrogen-bond donors (Lipinski definition) is 1. The van der Waals surface area contributed by atoms with Crippen LogP contribution in [0, 0.1) is 0 Å². The van der Waals surface area contributed by atoms with Crippen molar-refractivity contribution >= 4 is 5.82 Å². The lowest BCUT2D eigenvalue weighted by Crippen LogP contribution is -2.37. The van der Waals surface area contributed by atoms with E-state index in [9.17, 15) is 0 Å². The minimum atomic E-state index is 0.419. The van der Waals surface area contributed by atoms with Crippen molar-refractivity contribution in [3.05, 3.63) is 23.9 Å². The van der Waals surface area contributed by atoms with Crippen molar-refractivity contribution in [1.82, 2.24) is 10.3 Å². The first-order valence-corrected chi connectivity index (χ1v) is 6.21. The number of nitrogens with zero attached hydrogens (tertiary/aromatic N) is 2. The van der Waals surface area contributed by atoms with Gasteiger partial charge in [-0.1, -0.05) is 6.07 Å². The molecule has 2 heterocycles. The smallest absolute Gasteiger partial charge is 0.133 e. The van der Waals surface area contributed by atoms with E-state index in [0.717, 1.165) is 38.3 Å². The van der Waals surface area contributed by atoms with Crippen molar-refractivity contribution in [1.29, 1.82) is 0 Å². The summed E-state index contributed by atoms with van der Waals surface area (Å²) in [5, 5.41) is 3.19. The molecule has 17 heavy (non-hydrogen) atoms. The average Bonchev–Trinajstić information content (AvgIpc) is 2.40. The van der Waals surface area contributed by atoms with Gasteiger partial charge in [0, 0.05) is 38.5 Å². The van der Waals surface area contributed by atoms with Crippen LogP contribution in [0.25, 0.3) is 0 Å². The lowest BCUT2D eigenvalue weighted by atomic mass is 10.1.